The summed E-state index contributed by atoms with van der Waals surface area (Å²) in [6, 6.07) is 15.3. The van der Waals surface area contributed by atoms with Gasteiger partial charge in [-0.25, -0.2) is 0 Å². The summed E-state index contributed by atoms with van der Waals surface area (Å²) in [5, 5.41) is 5.83. The smallest absolute Gasteiger partial charge is 0.251 e. The minimum atomic E-state index is -0.0817. The van der Waals surface area contributed by atoms with Crippen molar-refractivity contribution in [3.63, 3.8) is 0 Å². The Hall–Kier alpha value is -2.27. The SMILES string of the molecule is CSCc1ccc(C(=O)NCc2ccc(NC(=O)C3CC3)cc2)cc1. The van der Waals surface area contributed by atoms with Crippen LogP contribution in [-0.2, 0) is 17.1 Å². The maximum absolute atomic E-state index is 12.2. The third kappa shape index (κ3) is 5.10. The van der Waals surface area contributed by atoms with Crippen LogP contribution in [0.1, 0.15) is 34.3 Å². The Bertz CT molecular complexity index is 737. The maximum Gasteiger partial charge on any atom is 0.251 e. The van der Waals surface area contributed by atoms with Gasteiger partial charge < -0.3 is 10.6 Å². The zero-order valence-electron chi connectivity index (χ0n) is 14.2. The van der Waals surface area contributed by atoms with Gasteiger partial charge >= 0.3 is 0 Å². The summed E-state index contributed by atoms with van der Waals surface area (Å²) >= 11 is 1.76. The molecule has 130 valence electrons. The zero-order chi connectivity index (χ0) is 17.6. The van der Waals surface area contributed by atoms with Crippen molar-refractivity contribution in [2.45, 2.75) is 25.1 Å². The van der Waals surface area contributed by atoms with Crippen LogP contribution in [0.5, 0.6) is 0 Å². The van der Waals surface area contributed by atoms with Crippen molar-refractivity contribution in [3.05, 3.63) is 65.2 Å². The lowest BCUT2D eigenvalue weighted by Gasteiger charge is -2.08. The Morgan fingerprint density at radius 1 is 1.00 bits per heavy atom. The lowest BCUT2D eigenvalue weighted by atomic mass is 10.1. The molecule has 4 nitrogen and oxygen atoms in total. The molecule has 1 aliphatic carbocycles. The molecule has 0 radical (unpaired) electrons. The van der Waals surface area contributed by atoms with Gasteiger partial charge in [0.25, 0.3) is 5.91 Å². The van der Waals surface area contributed by atoms with Gasteiger partial charge in [-0.1, -0.05) is 24.3 Å². The quantitative estimate of drug-likeness (QED) is 0.794. The monoisotopic (exact) mass is 354 g/mol. The average Bonchev–Trinajstić information content (AvgIpc) is 3.47. The molecule has 25 heavy (non-hydrogen) atoms. The minimum Gasteiger partial charge on any atom is -0.348 e. The Labute approximate surface area is 152 Å². The van der Waals surface area contributed by atoms with Gasteiger partial charge in [-0.2, -0.15) is 11.8 Å². The number of benzene rings is 2. The Kier molecular flexibility index (Phi) is 5.76. The molecule has 1 saturated carbocycles. The molecule has 0 unspecified atom stereocenters. The fourth-order valence-corrected chi connectivity index (χ4v) is 3.02. The second-order valence-electron chi connectivity index (χ2n) is 6.27. The molecule has 0 aromatic heterocycles. The number of rotatable bonds is 7. The first-order chi connectivity index (χ1) is 12.2. The molecular weight excluding hydrogens is 332 g/mol. The molecule has 0 atom stereocenters. The number of anilines is 1. The molecule has 2 amide bonds. The van der Waals surface area contributed by atoms with E-state index in [1.165, 1.54) is 5.56 Å². The van der Waals surface area contributed by atoms with Gasteiger partial charge in [0.15, 0.2) is 0 Å². The molecule has 2 aromatic carbocycles. The molecule has 5 heteroatoms. The highest BCUT2D eigenvalue weighted by atomic mass is 32.2. The molecule has 0 aliphatic heterocycles. The largest absolute Gasteiger partial charge is 0.348 e. The minimum absolute atomic E-state index is 0.0817. The standard InChI is InChI=1S/C20H22N2O2S/c1-25-13-15-2-6-16(7-3-15)19(23)21-12-14-4-10-18(11-5-14)22-20(24)17-8-9-17/h2-7,10-11,17H,8-9,12-13H2,1H3,(H,21,23)(H,22,24). The van der Waals surface area contributed by atoms with Gasteiger partial charge in [-0.05, 0) is 54.5 Å². The van der Waals surface area contributed by atoms with E-state index in [4.69, 9.17) is 0 Å². The molecule has 3 rings (SSSR count). The maximum atomic E-state index is 12.2. The second kappa shape index (κ2) is 8.21. The van der Waals surface area contributed by atoms with Gasteiger partial charge in [0.2, 0.25) is 5.91 Å². The van der Waals surface area contributed by atoms with E-state index in [-0.39, 0.29) is 17.7 Å². The third-order valence-corrected chi connectivity index (χ3v) is 4.77. The molecule has 0 saturated heterocycles. The van der Waals surface area contributed by atoms with Crippen molar-refractivity contribution in [3.8, 4) is 0 Å². The second-order valence-corrected chi connectivity index (χ2v) is 7.14. The molecule has 0 bridgehead atoms. The number of amides is 2. The zero-order valence-corrected chi connectivity index (χ0v) is 15.1. The van der Waals surface area contributed by atoms with Gasteiger partial charge in [-0.15, -0.1) is 0 Å². The predicted octanol–water partition coefficient (Wildman–Crippen LogP) is 3.83. The molecule has 1 fully saturated rings. The summed E-state index contributed by atoms with van der Waals surface area (Å²) in [6.07, 6.45) is 4.05. The highest BCUT2D eigenvalue weighted by Gasteiger charge is 2.29. The Morgan fingerprint density at radius 2 is 1.64 bits per heavy atom. The van der Waals surface area contributed by atoms with Crippen LogP contribution in [0, 0.1) is 5.92 Å². The average molecular weight is 354 g/mol. The van der Waals surface area contributed by atoms with E-state index in [1.807, 2.05) is 48.5 Å². The van der Waals surface area contributed by atoms with Crippen LogP contribution >= 0.6 is 11.8 Å². The van der Waals surface area contributed by atoms with E-state index in [2.05, 4.69) is 16.9 Å². The van der Waals surface area contributed by atoms with Crippen molar-refractivity contribution in [2.75, 3.05) is 11.6 Å². The summed E-state index contributed by atoms with van der Waals surface area (Å²) in [4.78, 5) is 23.9. The predicted molar refractivity (Wildman–Crippen MR) is 103 cm³/mol. The fraction of sp³-hybridized carbons (Fsp3) is 0.300. The third-order valence-electron chi connectivity index (χ3n) is 4.15. The van der Waals surface area contributed by atoms with E-state index < -0.39 is 0 Å². The van der Waals surface area contributed by atoms with Crippen molar-refractivity contribution in [1.82, 2.24) is 5.32 Å². The van der Waals surface area contributed by atoms with Crippen LogP contribution < -0.4 is 10.6 Å². The number of thioether (sulfide) groups is 1. The number of hydrogen-bond acceptors (Lipinski definition) is 3. The molecule has 1 aliphatic rings. The Balaban J connectivity index is 1.50. The van der Waals surface area contributed by atoms with Crippen molar-refractivity contribution in [2.24, 2.45) is 5.92 Å². The van der Waals surface area contributed by atoms with Crippen molar-refractivity contribution in [1.29, 1.82) is 0 Å². The highest BCUT2D eigenvalue weighted by Crippen LogP contribution is 2.30. The molecular formula is C20H22N2O2S. The first-order valence-electron chi connectivity index (χ1n) is 8.41. The summed E-state index contributed by atoms with van der Waals surface area (Å²) in [5.74, 6) is 1.17. The van der Waals surface area contributed by atoms with E-state index in [9.17, 15) is 9.59 Å². The van der Waals surface area contributed by atoms with Crippen molar-refractivity contribution >= 4 is 29.3 Å². The van der Waals surface area contributed by atoms with Crippen LogP contribution in [0.4, 0.5) is 5.69 Å². The van der Waals surface area contributed by atoms with E-state index in [0.29, 0.717) is 12.1 Å². The van der Waals surface area contributed by atoms with Crippen LogP contribution in [0.15, 0.2) is 48.5 Å². The van der Waals surface area contributed by atoms with Crippen LogP contribution in [0.25, 0.3) is 0 Å². The summed E-state index contributed by atoms with van der Waals surface area (Å²) in [6.45, 7) is 0.461. The van der Waals surface area contributed by atoms with E-state index in [1.54, 1.807) is 11.8 Å². The number of carbonyl (C=O) groups excluding carboxylic acids is 2. The fourth-order valence-electron chi connectivity index (χ4n) is 2.50. The van der Waals surface area contributed by atoms with Crippen molar-refractivity contribution < 1.29 is 9.59 Å². The van der Waals surface area contributed by atoms with Gasteiger partial charge in [-0.3, -0.25) is 9.59 Å². The molecule has 0 spiro atoms. The first kappa shape index (κ1) is 17.5. The van der Waals surface area contributed by atoms with Crippen LogP contribution in [0.2, 0.25) is 0 Å². The highest BCUT2D eigenvalue weighted by molar-refractivity contribution is 7.97. The van der Waals surface area contributed by atoms with Gasteiger partial charge in [0.1, 0.15) is 0 Å². The van der Waals surface area contributed by atoms with Crippen LogP contribution in [0.3, 0.4) is 0 Å². The van der Waals surface area contributed by atoms with Gasteiger partial charge in [0.05, 0.1) is 0 Å². The van der Waals surface area contributed by atoms with E-state index >= 15 is 0 Å². The lowest BCUT2D eigenvalue weighted by Crippen LogP contribution is -2.22. The number of carbonyl (C=O) groups is 2. The lowest BCUT2D eigenvalue weighted by molar-refractivity contribution is -0.117. The van der Waals surface area contributed by atoms with Gasteiger partial charge in [0, 0.05) is 29.5 Å². The summed E-state index contributed by atoms with van der Waals surface area (Å²) in [7, 11) is 0. The normalized spacial score (nSPS) is 13.3. The first-order valence-corrected chi connectivity index (χ1v) is 9.81. The van der Waals surface area contributed by atoms with E-state index in [0.717, 1.165) is 29.8 Å². The van der Waals surface area contributed by atoms with Crippen LogP contribution in [-0.4, -0.2) is 18.1 Å². The summed E-state index contributed by atoms with van der Waals surface area (Å²) in [5.41, 5.74) is 3.68. The topological polar surface area (TPSA) is 58.2 Å². The Morgan fingerprint density at radius 3 is 2.24 bits per heavy atom. The number of hydrogen-bond donors (Lipinski definition) is 2. The summed E-state index contributed by atoms with van der Waals surface area (Å²) < 4.78 is 0. The molecule has 2 N–H and O–H groups in total. The molecule has 2 aromatic rings. The number of nitrogens with one attached hydrogen (secondary N) is 2. The molecule has 0 heterocycles.